The van der Waals surface area contributed by atoms with Gasteiger partial charge in [0.25, 0.3) is 0 Å². The van der Waals surface area contributed by atoms with Gasteiger partial charge in [0.2, 0.25) is 0 Å². The first-order valence-electron chi connectivity index (χ1n) is 12.9. The predicted octanol–water partition coefficient (Wildman–Crippen LogP) is 6.35. The van der Waals surface area contributed by atoms with Gasteiger partial charge in [-0.2, -0.15) is 0 Å². The molecule has 1 atom stereocenters. The van der Waals surface area contributed by atoms with Crippen molar-refractivity contribution in [2.75, 3.05) is 27.4 Å². The number of hydrogen-bond donors (Lipinski definition) is 1. The van der Waals surface area contributed by atoms with Gasteiger partial charge in [-0.25, -0.2) is 4.79 Å². The van der Waals surface area contributed by atoms with E-state index in [9.17, 15) is 9.90 Å². The van der Waals surface area contributed by atoms with E-state index in [1.54, 1.807) is 55.5 Å². The fourth-order valence-corrected chi connectivity index (χ4v) is 3.87. The number of aliphatic carboxylic acids is 1. The molecule has 0 aliphatic carbocycles. The van der Waals surface area contributed by atoms with Crippen LogP contribution in [0.15, 0.2) is 94.5 Å². The van der Waals surface area contributed by atoms with Gasteiger partial charge >= 0.3 is 5.97 Å². The molecule has 0 spiro atoms. The first-order chi connectivity index (χ1) is 20.4. The summed E-state index contributed by atoms with van der Waals surface area (Å²) in [4.78, 5) is 27.7. The van der Waals surface area contributed by atoms with Gasteiger partial charge in [0, 0.05) is 21.7 Å². The molecule has 1 unspecified atom stereocenters. The Labute approximate surface area is 249 Å². The van der Waals surface area contributed by atoms with Crippen molar-refractivity contribution >= 4 is 40.8 Å². The molecule has 3 aromatic rings. The Morgan fingerprint density at radius 2 is 1.67 bits per heavy atom. The number of oxime groups is 3. The van der Waals surface area contributed by atoms with E-state index in [1.165, 1.54) is 26.7 Å². The SMILES string of the molecule is CCON=C(C=NOC(C)c1ccccc1C(=COC)C(=O)O)c1ccc(OCC(=NOC)c2ccc(Cl)cc2)cc1. The summed E-state index contributed by atoms with van der Waals surface area (Å²) < 4.78 is 10.9. The molecule has 220 valence electrons. The lowest BCUT2D eigenvalue weighted by Gasteiger charge is -2.15. The van der Waals surface area contributed by atoms with Crippen LogP contribution in [0.3, 0.4) is 0 Å². The lowest BCUT2D eigenvalue weighted by atomic mass is 9.97. The standard InChI is InChI=1S/C31H32ClN3O7/c1-5-41-35-29(18-33-42-21(2)26-8-6-7-9-27(26)28(19-38-3)31(36)37)22-12-16-25(17-13-22)40-20-30(34-39-4)23-10-14-24(32)15-11-23/h6-19,21H,5,20H2,1-4H3,(H,36,37). The summed E-state index contributed by atoms with van der Waals surface area (Å²) in [5, 5.41) is 22.6. The molecule has 0 heterocycles. The van der Waals surface area contributed by atoms with Crippen molar-refractivity contribution in [3.8, 4) is 5.75 Å². The smallest absolute Gasteiger partial charge is 0.339 e. The molecule has 0 aliphatic rings. The highest BCUT2D eigenvalue weighted by Crippen LogP contribution is 2.27. The first kappa shape index (κ1) is 31.7. The predicted molar refractivity (Wildman–Crippen MR) is 162 cm³/mol. The van der Waals surface area contributed by atoms with Gasteiger partial charge in [-0.1, -0.05) is 63.5 Å². The maximum atomic E-state index is 11.8. The number of carboxylic acid groups (broad SMARTS) is 1. The molecule has 0 aliphatic heterocycles. The van der Waals surface area contributed by atoms with Crippen LogP contribution in [0.2, 0.25) is 5.02 Å². The van der Waals surface area contributed by atoms with E-state index < -0.39 is 12.1 Å². The van der Waals surface area contributed by atoms with Crippen molar-refractivity contribution in [1.29, 1.82) is 0 Å². The van der Waals surface area contributed by atoms with Crippen LogP contribution in [0.4, 0.5) is 0 Å². The molecule has 3 rings (SSSR count). The van der Waals surface area contributed by atoms with E-state index in [1.807, 2.05) is 31.2 Å². The second-order valence-electron chi connectivity index (χ2n) is 8.58. The molecule has 0 radical (unpaired) electrons. The van der Waals surface area contributed by atoms with Crippen LogP contribution >= 0.6 is 11.6 Å². The van der Waals surface area contributed by atoms with Crippen LogP contribution in [0.1, 0.15) is 42.2 Å². The monoisotopic (exact) mass is 593 g/mol. The number of carboxylic acids is 1. The molecule has 42 heavy (non-hydrogen) atoms. The number of ether oxygens (including phenoxy) is 2. The maximum absolute atomic E-state index is 11.8. The molecule has 0 saturated carbocycles. The number of nitrogens with zero attached hydrogens (tertiary/aromatic N) is 3. The van der Waals surface area contributed by atoms with Crippen LogP contribution in [0.5, 0.6) is 5.75 Å². The van der Waals surface area contributed by atoms with E-state index in [-0.39, 0.29) is 12.2 Å². The Balaban J connectivity index is 1.72. The van der Waals surface area contributed by atoms with E-state index in [0.717, 1.165) is 5.56 Å². The average molecular weight is 594 g/mol. The third-order valence-corrected chi connectivity index (χ3v) is 6.00. The van der Waals surface area contributed by atoms with Crippen molar-refractivity contribution < 1.29 is 33.9 Å². The van der Waals surface area contributed by atoms with Crippen LogP contribution in [0.25, 0.3) is 5.57 Å². The van der Waals surface area contributed by atoms with Gasteiger partial charge in [-0.15, -0.1) is 0 Å². The minimum Gasteiger partial charge on any atom is -0.503 e. The van der Waals surface area contributed by atoms with Crippen LogP contribution in [0, 0.1) is 0 Å². The molecule has 0 saturated heterocycles. The molecule has 0 amide bonds. The zero-order valence-corrected chi connectivity index (χ0v) is 24.4. The minimum absolute atomic E-state index is 0.00205. The number of hydrogen-bond acceptors (Lipinski definition) is 9. The zero-order valence-electron chi connectivity index (χ0n) is 23.7. The topological polar surface area (TPSA) is 121 Å². The second kappa shape index (κ2) is 16.4. The second-order valence-corrected chi connectivity index (χ2v) is 9.01. The number of carbonyl (C=O) groups is 1. The van der Waals surface area contributed by atoms with E-state index in [4.69, 9.17) is 35.6 Å². The summed E-state index contributed by atoms with van der Waals surface area (Å²) in [5.41, 5.74) is 3.63. The van der Waals surface area contributed by atoms with Crippen molar-refractivity contribution in [3.05, 3.63) is 106 Å². The fraction of sp³-hybridized carbons (Fsp3) is 0.226. The summed E-state index contributed by atoms with van der Waals surface area (Å²) in [6.07, 6.45) is 2.03. The fourth-order valence-electron chi connectivity index (χ4n) is 3.75. The number of halogens is 1. The van der Waals surface area contributed by atoms with Crippen LogP contribution in [-0.4, -0.2) is 56.1 Å². The van der Waals surface area contributed by atoms with E-state index in [0.29, 0.717) is 45.5 Å². The Morgan fingerprint density at radius 1 is 0.976 bits per heavy atom. The number of methoxy groups -OCH3 is 1. The third-order valence-electron chi connectivity index (χ3n) is 5.75. The Hall–Kier alpha value is -4.83. The molecule has 0 fully saturated rings. The van der Waals surface area contributed by atoms with E-state index >= 15 is 0 Å². The van der Waals surface area contributed by atoms with Gasteiger partial charge in [0.15, 0.2) is 0 Å². The Bertz CT molecular complexity index is 1440. The lowest BCUT2D eigenvalue weighted by molar-refractivity contribution is -0.130. The maximum Gasteiger partial charge on any atom is 0.339 e. The molecule has 11 heteroatoms. The number of rotatable bonds is 15. The Morgan fingerprint density at radius 3 is 2.31 bits per heavy atom. The largest absolute Gasteiger partial charge is 0.503 e. The molecule has 0 bridgehead atoms. The molecular weight excluding hydrogens is 562 g/mol. The number of benzene rings is 3. The first-order valence-corrected chi connectivity index (χ1v) is 13.3. The summed E-state index contributed by atoms with van der Waals surface area (Å²) >= 11 is 5.99. The summed E-state index contributed by atoms with van der Waals surface area (Å²) in [6.45, 7) is 4.11. The molecule has 1 N–H and O–H groups in total. The van der Waals surface area contributed by atoms with Crippen molar-refractivity contribution in [2.24, 2.45) is 15.5 Å². The van der Waals surface area contributed by atoms with Crippen molar-refractivity contribution in [2.45, 2.75) is 20.0 Å². The van der Waals surface area contributed by atoms with Crippen molar-refractivity contribution in [3.63, 3.8) is 0 Å². The highest BCUT2D eigenvalue weighted by molar-refractivity contribution is 6.38. The highest BCUT2D eigenvalue weighted by atomic mass is 35.5. The molecule has 0 aromatic heterocycles. The van der Waals surface area contributed by atoms with Crippen LogP contribution in [-0.2, 0) is 24.0 Å². The van der Waals surface area contributed by atoms with Crippen LogP contribution < -0.4 is 4.74 Å². The Kier molecular flexibility index (Phi) is 12.4. The zero-order chi connectivity index (χ0) is 30.3. The average Bonchev–Trinajstić information content (AvgIpc) is 3.00. The summed E-state index contributed by atoms with van der Waals surface area (Å²) in [5.74, 6) is -0.519. The van der Waals surface area contributed by atoms with Gasteiger partial charge in [-0.3, -0.25) is 0 Å². The molecule has 10 nitrogen and oxygen atoms in total. The van der Waals surface area contributed by atoms with Gasteiger partial charge < -0.3 is 29.1 Å². The summed E-state index contributed by atoms with van der Waals surface area (Å²) in [6, 6.07) is 21.4. The van der Waals surface area contributed by atoms with Gasteiger partial charge in [0.05, 0.1) is 19.6 Å². The third kappa shape index (κ3) is 9.10. The minimum atomic E-state index is -1.12. The highest BCUT2D eigenvalue weighted by Gasteiger charge is 2.19. The normalized spacial score (nSPS) is 13.0. The molecular formula is C31H32ClN3O7. The van der Waals surface area contributed by atoms with Gasteiger partial charge in [0.1, 0.15) is 49.2 Å². The van der Waals surface area contributed by atoms with Crippen molar-refractivity contribution in [1.82, 2.24) is 0 Å². The quantitative estimate of drug-likeness (QED) is 0.0943. The lowest BCUT2D eigenvalue weighted by Crippen LogP contribution is -2.13. The van der Waals surface area contributed by atoms with Gasteiger partial charge in [-0.05, 0) is 55.8 Å². The van der Waals surface area contributed by atoms with E-state index in [2.05, 4.69) is 15.5 Å². The molecule has 3 aromatic carbocycles. The summed E-state index contributed by atoms with van der Waals surface area (Å²) in [7, 11) is 2.86.